The van der Waals surface area contributed by atoms with Gasteiger partial charge in [0.2, 0.25) is 0 Å². The minimum absolute atomic E-state index is 0. The van der Waals surface area contributed by atoms with Gasteiger partial charge in [0.05, 0.1) is 21.5 Å². The number of benzene rings is 2. The Balaban J connectivity index is 0.00000242. The number of rotatable bonds is 4. The number of nitro groups is 1. The molecule has 0 fully saturated rings. The molecule has 0 unspecified atom stereocenters. The van der Waals surface area contributed by atoms with Gasteiger partial charge in [0.25, 0.3) is 5.69 Å². The Bertz CT molecular complexity index is 738. The molecule has 0 radical (unpaired) electrons. The zero-order chi connectivity index (χ0) is 15.6. The molecule has 0 aliphatic carbocycles. The molecular formula is C13H6Cl2KNO5. The van der Waals surface area contributed by atoms with Crippen molar-refractivity contribution in [2.45, 2.75) is 0 Å². The van der Waals surface area contributed by atoms with Gasteiger partial charge in [-0.25, -0.2) is 0 Å². The van der Waals surface area contributed by atoms with Crippen molar-refractivity contribution in [3.63, 3.8) is 0 Å². The summed E-state index contributed by atoms with van der Waals surface area (Å²) in [6, 6.07) is 7.75. The van der Waals surface area contributed by atoms with E-state index in [1.807, 2.05) is 0 Å². The molecule has 0 spiro atoms. The molecule has 0 heterocycles. The molecule has 0 amide bonds. The Morgan fingerprint density at radius 3 is 2.36 bits per heavy atom. The fourth-order valence-electron chi connectivity index (χ4n) is 1.59. The van der Waals surface area contributed by atoms with Crippen LogP contribution in [0.2, 0.25) is 10.0 Å². The largest absolute Gasteiger partial charge is 1.00 e. The standard InChI is InChI=1S/C13H7Cl2NO5.K/c14-7-1-4-12(10(15)5-7)21-8-2-3-11(16(19)20)9(6-8)13(17)18;/h1-6H,(H,17,18);/q;+1/p-1. The number of nitro benzene ring substituents is 1. The van der Waals surface area contributed by atoms with Crippen molar-refractivity contribution in [2.75, 3.05) is 0 Å². The van der Waals surface area contributed by atoms with E-state index in [4.69, 9.17) is 27.9 Å². The summed E-state index contributed by atoms with van der Waals surface area (Å²) in [6.45, 7) is 0. The molecule has 2 aromatic carbocycles. The van der Waals surface area contributed by atoms with Crippen molar-refractivity contribution in [3.05, 3.63) is 62.1 Å². The smallest absolute Gasteiger partial charge is 0.545 e. The maximum Gasteiger partial charge on any atom is 1.00 e. The van der Waals surface area contributed by atoms with Crippen molar-refractivity contribution in [1.82, 2.24) is 0 Å². The van der Waals surface area contributed by atoms with Crippen molar-refractivity contribution >= 4 is 34.9 Å². The van der Waals surface area contributed by atoms with Gasteiger partial charge in [-0.05, 0) is 30.3 Å². The Morgan fingerprint density at radius 2 is 1.82 bits per heavy atom. The number of carboxylic acid groups (broad SMARTS) is 1. The van der Waals surface area contributed by atoms with Gasteiger partial charge < -0.3 is 14.6 Å². The third-order valence-corrected chi connectivity index (χ3v) is 3.04. The maximum atomic E-state index is 10.9. The fourth-order valence-corrected chi connectivity index (χ4v) is 2.03. The molecule has 0 saturated carbocycles. The first-order valence-electron chi connectivity index (χ1n) is 5.51. The Labute approximate surface area is 177 Å². The average Bonchev–Trinajstić information content (AvgIpc) is 2.41. The van der Waals surface area contributed by atoms with Gasteiger partial charge in [0, 0.05) is 11.1 Å². The number of carbonyl (C=O) groups is 1. The SMILES string of the molecule is O=C([O-])c1cc(Oc2ccc(Cl)cc2Cl)ccc1[N+](=O)[O-].[K+]. The van der Waals surface area contributed by atoms with E-state index in [0.717, 1.165) is 12.1 Å². The second kappa shape index (κ2) is 8.26. The first-order chi connectivity index (χ1) is 9.88. The molecule has 0 bridgehead atoms. The van der Waals surface area contributed by atoms with E-state index in [0.29, 0.717) is 5.02 Å². The average molecular weight is 366 g/mol. The Kier molecular flexibility index (Phi) is 7.27. The van der Waals surface area contributed by atoms with Crippen LogP contribution >= 0.6 is 23.2 Å². The molecule has 9 heteroatoms. The minimum Gasteiger partial charge on any atom is -0.545 e. The van der Waals surface area contributed by atoms with E-state index >= 15 is 0 Å². The number of aromatic carboxylic acids is 1. The summed E-state index contributed by atoms with van der Waals surface area (Å²) in [4.78, 5) is 20.8. The topological polar surface area (TPSA) is 92.5 Å². The summed E-state index contributed by atoms with van der Waals surface area (Å²) >= 11 is 11.7. The number of carbonyl (C=O) groups excluding carboxylic acids is 1. The molecule has 0 atom stereocenters. The van der Waals surface area contributed by atoms with E-state index in [1.54, 1.807) is 0 Å². The summed E-state index contributed by atoms with van der Waals surface area (Å²) in [6.07, 6.45) is 0. The molecule has 6 nitrogen and oxygen atoms in total. The molecular weight excluding hydrogens is 360 g/mol. The Morgan fingerprint density at radius 1 is 1.14 bits per heavy atom. The monoisotopic (exact) mass is 365 g/mol. The number of hydrogen-bond donors (Lipinski definition) is 0. The zero-order valence-corrected chi connectivity index (χ0v) is 15.8. The predicted molar refractivity (Wildman–Crippen MR) is 74.0 cm³/mol. The van der Waals surface area contributed by atoms with Crippen LogP contribution in [0, 0.1) is 10.1 Å². The molecule has 0 aromatic heterocycles. The van der Waals surface area contributed by atoms with E-state index in [1.165, 1.54) is 24.3 Å². The fraction of sp³-hybridized carbons (Fsp3) is 0. The van der Waals surface area contributed by atoms with Gasteiger partial charge >= 0.3 is 51.4 Å². The van der Waals surface area contributed by atoms with Crippen molar-refractivity contribution in [3.8, 4) is 11.5 Å². The minimum atomic E-state index is -1.67. The zero-order valence-electron chi connectivity index (χ0n) is 11.2. The number of halogens is 2. The molecule has 2 rings (SSSR count). The van der Waals surface area contributed by atoms with Crippen LogP contribution in [0.5, 0.6) is 11.5 Å². The van der Waals surface area contributed by atoms with E-state index in [2.05, 4.69) is 0 Å². The van der Waals surface area contributed by atoms with E-state index < -0.39 is 22.1 Å². The number of carboxylic acids is 1. The van der Waals surface area contributed by atoms with Crippen molar-refractivity contribution in [2.24, 2.45) is 0 Å². The summed E-state index contributed by atoms with van der Waals surface area (Å²) in [5.41, 5.74) is -1.16. The normalized spacial score (nSPS) is 9.73. The maximum absolute atomic E-state index is 10.9. The molecule has 0 aliphatic rings. The number of hydrogen-bond acceptors (Lipinski definition) is 5. The quantitative estimate of drug-likeness (QED) is 0.434. The molecule has 108 valence electrons. The second-order valence-electron chi connectivity index (χ2n) is 3.90. The number of ether oxygens (including phenoxy) is 1. The van der Waals surface area contributed by atoms with Crippen LogP contribution < -0.4 is 61.2 Å². The van der Waals surface area contributed by atoms with Crippen LogP contribution in [0.15, 0.2) is 36.4 Å². The first kappa shape index (κ1) is 19.4. The van der Waals surface area contributed by atoms with Crippen LogP contribution in [0.25, 0.3) is 0 Å². The van der Waals surface area contributed by atoms with Crippen LogP contribution in [-0.4, -0.2) is 10.9 Å². The summed E-state index contributed by atoms with van der Waals surface area (Å²) < 4.78 is 5.39. The van der Waals surface area contributed by atoms with E-state index in [9.17, 15) is 20.0 Å². The van der Waals surface area contributed by atoms with Crippen LogP contribution in [-0.2, 0) is 0 Å². The summed E-state index contributed by atoms with van der Waals surface area (Å²) in [5.74, 6) is -1.36. The molecule has 0 aliphatic heterocycles. The van der Waals surface area contributed by atoms with Gasteiger partial charge in [-0.15, -0.1) is 0 Å². The number of nitrogens with zero attached hydrogens (tertiary/aromatic N) is 1. The van der Waals surface area contributed by atoms with Crippen LogP contribution in [0.1, 0.15) is 10.4 Å². The molecule has 2 aromatic rings. The third kappa shape index (κ3) is 4.66. The van der Waals surface area contributed by atoms with Crippen molar-refractivity contribution < 1.29 is 70.9 Å². The molecule has 0 saturated heterocycles. The first-order valence-corrected chi connectivity index (χ1v) is 6.27. The summed E-state index contributed by atoms with van der Waals surface area (Å²) in [7, 11) is 0. The Hall–Kier alpha value is -0.674. The van der Waals surface area contributed by atoms with Gasteiger partial charge in [-0.1, -0.05) is 23.2 Å². The van der Waals surface area contributed by atoms with Gasteiger partial charge in [-0.3, -0.25) is 10.1 Å². The molecule has 22 heavy (non-hydrogen) atoms. The van der Waals surface area contributed by atoms with Crippen LogP contribution in [0.3, 0.4) is 0 Å². The predicted octanol–water partition coefficient (Wildman–Crippen LogP) is 0.0614. The van der Waals surface area contributed by atoms with Gasteiger partial charge in [0.1, 0.15) is 11.5 Å². The van der Waals surface area contributed by atoms with Crippen LogP contribution in [0.4, 0.5) is 5.69 Å². The second-order valence-corrected chi connectivity index (χ2v) is 4.74. The molecule has 0 N–H and O–H groups in total. The third-order valence-electron chi connectivity index (χ3n) is 2.51. The van der Waals surface area contributed by atoms with Gasteiger partial charge in [-0.2, -0.15) is 0 Å². The van der Waals surface area contributed by atoms with Gasteiger partial charge in [0.15, 0.2) is 0 Å². The van der Waals surface area contributed by atoms with Crippen molar-refractivity contribution in [1.29, 1.82) is 0 Å². The summed E-state index contributed by atoms with van der Waals surface area (Å²) in [5, 5.41) is 22.3. The van der Waals surface area contributed by atoms with E-state index in [-0.39, 0.29) is 67.9 Å².